The van der Waals surface area contributed by atoms with Gasteiger partial charge in [-0.05, 0) is 66.6 Å². The smallest absolute Gasteiger partial charge is 0.315 e. The summed E-state index contributed by atoms with van der Waals surface area (Å²) in [5.74, 6) is 3.51. The number of hydrogen-bond donors (Lipinski definition) is 2. The molecule has 0 spiro atoms. The van der Waals surface area contributed by atoms with E-state index in [2.05, 4.69) is 10.6 Å². The average molecular weight is 412 g/mol. The molecule has 1 unspecified atom stereocenters. The number of benzene rings is 2. The quantitative estimate of drug-likeness (QED) is 0.694. The first-order valence-electron chi connectivity index (χ1n) is 10.3. The van der Waals surface area contributed by atoms with Gasteiger partial charge >= 0.3 is 6.03 Å². The molecule has 1 aliphatic heterocycles. The number of nitrogens with one attached hydrogen (secondary N) is 2. The monoisotopic (exact) mass is 412 g/mol. The molecular formula is C23H28N2O5. The van der Waals surface area contributed by atoms with Gasteiger partial charge in [-0.1, -0.05) is 6.07 Å². The number of rotatable bonds is 8. The fraction of sp³-hybridized carbons (Fsp3) is 0.435. The summed E-state index contributed by atoms with van der Waals surface area (Å²) in [6.45, 7) is 1.61. The summed E-state index contributed by atoms with van der Waals surface area (Å²) in [4.78, 5) is 12.6. The Morgan fingerprint density at radius 2 is 1.87 bits per heavy atom. The minimum Gasteiger partial charge on any atom is -0.497 e. The Hall–Kier alpha value is -3.09. The molecule has 2 aromatic carbocycles. The Bertz CT molecular complexity index is 897. The van der Waals surface area contributed by atoms with Crippen molar-refractivity contribution in [1.29, 1.82) is 0 Å². The van der Waals surface area contributed by atoms with Crippen LogP contribution in [0.5, 0.6) is 23.0 Å². The second-order valence-electron chi connectivity index (χ2n) is 7.55. The van der Waals surface area contributed by atoms with Crippen molar-refractivity contribution in [2.24, 2.45) is 5.92 Å². The fourth-order valence-corrected chi connectivity index (χ4v) is 3.74. The van der Waals surface area contributed by atoms with Gasteiger partial charge in [0.1, 0.15) is 24.7 Å². The number of methoxy groups -OCH3 is 2. The van der Waals surface area contributed by atoms with Crippen molar-refractivity contribution in [3.8, 4) is 23.0 Å². The molecule has 160 valence electrons. The molecule has 1 atom stereocenters. The highest BCUT2D eigenvalue weighted by molar-refractivity contribution is 5.74. The van der Waals surface area contributed by atoms with Crippen molar-refractivity contribution in [3.05, 3.63) is 47.5 Å². The molecule has 2 N–H and O–H groups in total. The van der Waals surface area contributed by atoms with E-state index in [0.717, 1.165) is 47.0 Å². The van der Waals surface area contributed by atoms with Crippen LogP contribution in [0, 0.1) is 5.92 Å². The highest BCUT2D eigenvalue weighted by Gasteiger charge is 2.34. The predicted octanol–water partition coefficient (Wildman–Crippen LogP) is 3.47. The van der Waals surface area contributed by atoms with Gasteiger partial charge in [0.2, 0.25) is 0 Å². The van der Waals surface area contributed by atoms with Crippen LogP contribution >= 0.6 is 0 Å². The van der Waals surface area contributed by atoms with E-state index in [-0.39, 0.29) is 12.1 Å². The average Bonchev–Trinajstić information content (AvgIpc) is 3.62. The van der Waals surface area contributed by atoms with Gasteiger partial charge in [-0.25, -0.2) is 4.79 Å². The van der Waals surface area contributed by atoms with Crippen LogP contribution in [0.25, 0.3) is 0 Å². The van der Waals surface area contributed by atoms with Gasteiger partial charge in [0.15, 0.2) is 11.5 Å². The molecule has 0 saturated heterocycles. The highest BCUT2D eigenvalue weighted by atomic mass is 16.6. The molecule has 1 saturated carbocycles. The molecule has 0 radical (unpaired) electrons. The summed E-state index contributed by atoms with van der Waals surface area (Å²) in [6.07, 6.45) is 2.87. The second-order valence-corrected chi connectivity index (χ2v) is 7.55. The molecular weight excluding hydrogens is 384 g/mol. The maximum atomic E-state index is 12.6. The number of carbonyl (C=O) groups excluding carboxylic acids is 1. The maximum absolute atomic E-state index is 12.6. The topological polar surface area (TPSA) is 78.1 Å². The van der Waals surface area contributed by atoms with E-state index in [4.69, 9.17) is 18.9 Å². The summed E-state index contributed by atoms with van der Waals surface area (Å²) in [5.41, 5.74) is 2.04. The third-order valence-corrected chi connectivity index (χ3v) is 5.47. The van der Waals surface area contributed by atoms with E-state index in [1.807, 2.05) is 36.4 Å². The Labute approximate surface area is 176 Å². The van der Waals surface area contributed by atoms with E-state index in [9.17, 15) is 4.79 Å². The lowest BCUT2D eigenvalue weighted by molar-refractivity contribution is 0.171. The van der Waals surface area contributed by atoms with E-state index in [1.165, 1.54) is 0 Å². The molecule has 4 rings (SSSR count). The third kappa shape index (κ3) is 4.72. The first-order valence-corrected chi connectivity index (χ1v) is 10.3. The molecule has 0 aromatic heterocycles. The van der Waals surface area contributed by atoms with Crippen LogP contribution in [0.4, 0.5) is 4.79 Å². The van der Waals surface area contributed by atoms with Crippen LogP contribution in [-0.2, 0) is 6.42 Å². The van der Waals surface area contributed by atoms with Crippen molar-refractivity contribution in [3.63, 3.8) is 0 Å². The van der Waals surface area contributed by atoms with Crippen molar-refractivity contribution in [2.45, 2.75) is 25.3 Å². The van der Waals surface area contributed by atoms with Crippen molar-refractivity contribution < 1.29 is 23.7 Å². The zero-order chi connectivity index (χ0) is 20.9. The summed E-state index contributed by atoms with van der Waals surface area (Å²) in [5, 5.41) is 6.10. The van der Waals surface area contributed by atoms with Gasteiger partial charge in [-0.3, -0.25) is 0 Å². The first-order chi connectivity index (χ1) is 14.7. The lowest BCUT2D eigenvalue weighted by Gasteiger charge is -2.23. The molecule has 1 fully saturated rings. The van der Waals surface area contributed by atoms with E-state index >= 15 is 0 Å². The third-order valence-electron chi connectivity index (χ3n) is 5.47. The number of carbonyl (C=O) groups is 1. The fourth-order valence-electron chi connectivity index (χ4n) is 3.74. The SMILES string of the molecule is COc1ccc(OC)c(CCNC(=O)NC(c2ccc3c(c2)OCCO3)C2CC2)c1. The normalized spacial score (nSPS) is 15.8. The minimum absolute atomic E-state index is 0.0350. The van der Waals surface area contributed by atoms with Crippen LogP contribution in [0.3, 0.4) is 0 Å². The van der Waals surface area contributed by atoms with Gasteiger partial charge < -0.3 is 29.6 Å². The first kappa shape index (κ1) is 20.2. The van der Waals surface area contributed by atoms with Crippen molar-refractivity contribution in [1.82, 2.24) is 10.6 Å². The van der Waals surface area contributed by atoms with Gasteiger partial charge in [0, 0.05) is 6.54 Å². The Balaban J connectivity index is 1.36. The largest absolute Gasteiger partial charge is 0.497 e. The molecule has 2 amide bonds. The lowest BCUT2D eigenvalue weighted by Crippen LogP contribution is -2.39. The van der Waals surface area contributed by atoms with Crippen molar-refractivity contribution in [2.75, 3.05) is 34.0 Å². The van der Waals surface area contributed by atoms with Crippen LogP contribution in [0.2, 0.25) is 0 Å². The van der Waals surface area contributed by atoms with Gasteiger partial charge in [-0.15, -0.1) is 0 Å². The summed E-state index contributed by atoms with van der Waals surface area (Å²) >= 11 is 0. The second kappa shape index (κ2) is 9.15. The van der Waals surface area contributed by atoms with Gasteiger partial charge in [0.05, 0.1) is 20.3 Å². The van der Waals surface area contributed by atoms with Crippen molar-refractivity contribution >= 4 is 6.03 Å². The molecule has 1 aliphatic carbocycles. The Kier molecular flexibility index (Phi) is 6.16. The standard InChI is InChI=1S/C23H28N2O5/c1-27-18-6-8-19(28-2)16(13-18)9-10-24-23(26)25-22(15-3-4-15)17-5-7-20-21(14-17)30-12-11-29-20/h5-8,13-15,22H,3-4,9-12H2,1-2H3,(H2,24,25,26). The molecule has 7 heteroatoms. The van der Waals surface area contributed by atoms with Crippen LogP contribution in [-0.4, -0.2) is 40.0 Å². The number of hydrogen-bond acceptors (Lipinski definition) is 5. The molecule has 0 bridgehead atoms. The minimum atomic E-state index is -0.177. The zero-order valence-corrected chi connectivity index (χ0v) is 17.4. The van der Waals surface area contributed by atoms with E-state index < -0.39 is 0 Å². The number of urea groups is 1. The van der Waals surface area contributed by atoms with Gasteiger partial charge in [-0.2, -0.15) is 0 Å². The lowest BCUT2D eigenvalue weighted by atomic mass is 10.0. The zero-order valence-electron chi connectivity index (χ0n) is 17.4. The van der Waals surface area contributed by atoms with Gasteiger partial charge in [0.25, 0.3) is 0 Å². The molecule has 7 nitrogen and oxygen atoms in total. The summed E-state index contributed by atoms with van der Waals surface area (Å²) < 4.78 is 22.0. The summed E-state index contributed by atoms with van der Waals surface area (Å²) in [6, 6.07) is 11.4. The molecule has 1 heterocycles. The number of ether oxygens (including phenoxy) is 4. The van der Waals surface area contributed by atoms with Crippen LogP contribution in [0.1, 0.15) is 30.0 Å². The molecule has 30 heavy (non-hydrogen) atoms. The van der Waals surface area contributed by atoms with E-state index in [0.29, 0.717) is 32.1 Å². The predicted molar refractivity (Wildman–Crippen MR) is 113 cm³/mol. The van der Waals surface area contributed by atoms with Crippen LogP contribution in [0.15, 0.2) is 36.4 Å². The van der Waals surface area contributed by atoms with Crippen LogP contribution < -0.4 is 29.6 Å². The maximum Gasteiger partial charge on any atom is 0.315 e. The Morgan fingerprint density at radius 1 is 1.07 bits per heavy atom. The van der Waals surface area contributed by atoms with E-state index in [1.54, 1.807) is 14.2 Å². The number of amides is 2. The summed E-state index contributed by atoms with van der Waals surface area (Å²) in [7, 11) is 3.27. The molecule has 2 aromatic rings. The molecule has 2 aliphatic rings. The Morgan fingerprint density at radius 3 is 2.60 bits per heavy atom. The highest BCUT2D eigenvalue weighted by Crippen LogP contribution is 2.43. The number of fused-ring (bicyclic) bond motifs is 1.